The van der Waals surface area contributed by atoms with E-state index in [1.54, 1.807) is 0 Å². The van der Waals surface area contributed by atoms with Gasteiger partial charge in [0.2, 0.25) is 0 Å². The molecule has 0 aliphatic carbocycles. The zero-order valence-electron chi connectivity index (χ0n) is 28.5. The van der Waals surface area contributed by atoms with Crippen molar-refractivity contribution in [3.05, 3.63) is 176 Å². The van der Waals surface area contributed by atoms with Crippen LogP contribution >= 0.6 is 0 Å². The van der Waals surface area contributed by atoms with Crippen LogP contribution in [0.5, 0.6) is 0 Å². The quantitative estimate of drug-likeness (QED) is 0.174. The molecule has 11 aromatic rings. The fraction of sp³-hybridized carbons (Fsp3) is 0. The predicted molar refractivity (Wildman–Crippen MR) is 219 cm³/mol. The van der Waals surface area contributed by atoms with Gasteiger partial charge in [-0.3, -0.25) is 0 Å². The maximum Gasteiger partial charge on any atom is 0.164 e. The summed E-state index contributed by atoms with van der Waals surface area (Å²) >= 11 is 0. The van der Waals surface area contributed by atoms with E-state index >= 15 is 0 Å². The van der Waals surface area contributed by atoms with Crippen LogP contribution in [0.1, 0.15) is 0 Å². The Balaban J connectivity index is 1.15. The molecule has 2 heterocycles. The van der Waals surface area contributed by atoms with Crippen LogP contribution in [0.3, 0.4) is 0 Å². The first kappa shape index (κ1) is 29.5. The molecule has 2 aromatic heterocycles. The van der Waals surface area contributed by atoms with E-state index in [0.29, 0.717) is 17.5 Å². The molecule has 4 heteroatoms. The van der Waals surface area contributed by atoms with Gasteiger partial charge in [0, 0.05) is 32.8 Å². The number of fused-ring (bicyclic) bond motifs is 9. The average Bonchev–Trinajstić information content (AvgIpc) is 3.61. The van der Waals surface area contributed by atoms with E-state index in [9.17, 15) is 0 Å². The summed E-state index contributed by atoms with van der Waals surface area (Å²) in [5.41, 5.74) is 6.84. The standard InChI is InChI=1S/C49H29N3O/c1-2-13-32(14-3-1)47-50-48(35-23-25-39-33(27-35)22-21-31-12-5-7-17-37(31)39)52-49(51-47)44-29-43-42-28-34(38-20-10-15-30-11-4-6-16-36(30)38)24-26-45(42)53-46(43)41-19-9-8-18-40(41)44/h1-29H. The van der Waals surface area contributed by atoms with E-state index in [0.717, 1.165) is 60.4 Å². The highest BCUT2D eigenvalue weighted by Gasteiger charge is 2.20. The van der Waals surface area contributed by atoms with E-state index in [-0.39, 0.29) is 0 Å². The molecular weight excluding hydrogens is 647 g/mol. The van der Waals surface area contributed by atoms with Crippen LogP contribution in [0, 0.1) is 0 Å². The molecule has 0 aliphatic heterocycles. The highest BCUT2D eigenvalue weighted by Crippen LogP contribution is 2.41. The first-order chi connectivity index (χ1) is 26.2. The van der Waals surface area contributed by atoms with Crippen LogP contribution in [0.25, 0.3) is 110 Å². The lowest BCUT2D eigenvalue weighted by Gasteiger charge is -2.12. The Morgan fingerprint density at radius 3 is 1.77 bits per heavy atom. The summed E-state index contributed by atoms with van der Waals surface area (Å²) in [5.74, 6) is 1.87. The Morgan fingerprint density at radius 2 is 0.925 bits per heavy atom. The smallest absolute Gasteiger partial charge is 0.164 e. The van der Waals surface area contributed by atoms with E-state index in [4.69, 9.17) is 19.4 Å². The topological polar surface area (TPSA) is 51.8 Å². The van der Waals surface area contributed by atoms with Gasteiger partial charge in [0.15, 0.2) is 17.5 Å². The molecule has 9 aromatic carbocycles. The Bertz CT molecular complexity index is 3230. The molecule has 53 heavy (non-hydrogen) atoms. The number of hydrogen-bond donors (Lipinski definition) is 0. The Labute approximate surface area is 304 Å². The minimum atomic E-state index is 0.616. The van der Waals surface area contributed by atoms with E-state index in [2.05, 4.69) is 158 Å². The maximum absolute atomic E-state index is 6.64. The monoisotopic (exact) mass is 675 g/mol. The Morgan fingerprint density at radius 1 is 0.302 bits per heavy atom. The summed E-state index contributed by atoms with van der Waals surface area (Å²) in [4.78, 5) is 15.5. The van der Waals surface area contributed by atoms with Gasteiger partial charge in [0.1, 0.15) is 11.2 Å². The number of furan rings is 1. The summed E-state index contributed by atoms with van der Waals surface area (Å²) in [5, 5.41) is 11.4. The average molecular weight is 676 g/mol. The summed E-state index contributed by atoms with van der Waals surface area (Å²) < 4.78 is 6.64. The van der Waals surface area contributed by atoms with Crippen molar-refractivity contribution < 1.29 is 4.42 Å². The number of hydrogen-bond acceptors (Lipinski definition) is 4. The van der Waals surface area contributed by atoms with Crippen molar-refractivity contribution in [3.63, 3.8) is 0 Å². The van der Waals surface area contributed by atoms with Gasteiger partial charge in [-0.25, -0.2) is 15.0 Å². The van der Waals surface area contributed by atoms with Crippen LogP contribution in [-0.2, 0) is 0 Å². The molecule has 0 unspecified atom stereocenters. The largest absolute Gasteiger partial charge is 0.455 e. The molecule has 0 spiro atoms. The van der Waals surface area contributed by atoms with Crippen molar-refractivity contribution in [1.82, 2.24) is 15.0 Å². The highest BCUT2D eigenvalue weighted by atomic mass is 16.3. The molecular formula is C49H29N3O. The minimum Gasteiger partial charge on any atom is -0.455 e. The van der Waals surface area contributed by atoms with Gasteiger partial charge in [-0.2, -0.15) is 0 Å². The lowest BCUT2D eigenvalue weighted by atomic mass is 9.96. The SMILES string of the molecule is c1ccc(-c2nc(-c3ccc4c(ccc5ccccc54)c3)nc(-c3cc4c5cc(-c6cccc7ccccc67)ccc5oc4c4ccccc34)n2)cc1. The third-order valence-electron chi connectivity index (χ3n) is 10.5. The first-order valence-electron chi connectivity index (χ1n) is 17.9. The Hall–Kier alpha value is -7.17. The van der Waals surface area contributed by atoms with Crippen LogP contribution in [0.2, 0.25) is 0 Å². The van der Waals surface area contributed by atoms with Crippen LogP contribution in [0.4, 0.5) is 0 Å². The van der Waals surface area contributed by atoms with Crippen molar-refractivity contribution in [2.45, 2.75) is 0 Å². The zero-order chi connectivity index (χ0) is 34.9. The summed E-state index contributed by atoms with van der Waals surface area (Å²) in [6.07, 6.45) is 0. The molecule has 0 bridgehead atoms. The lowest BCUT2D eigenvalue weighted by molar-refractivity contribution is 0.673. The summed E-state index contributed by atoms with van der Waals surface area (Å²) in [6.45, 7) is 0. The van der Waals surface area contributed by atoms with Gasteiger partial charge < -0.3 is 4.42 Å². The highest BCUT2D eigenvalue weighted by molar-refractivity contribution is 6.19. The van der Waals surface area contributed by atoms with Gasteiger partial charge >= 0.3 is 0 Å². The molecule has 246 valence electrons. The number of rotatable bonds is 4. The van der Waals surface area contributed by atoms with Crippen molar-refractivity contribution in [1.29, 1.82) is 0 Å². The minimum absolute atomic E-state index is 0.616. The second kappa shape index (κ2) is 11.7. The molecule has 0 saturated carbocycles. The molecule has 0 aliphatic rings. The second-order valence-corrected chi connectivity index (χ2v) is 13.6. The number of aromatic nitrogens is 3. The van der Waals surface area contributed by atoms with Gasteiger partial charge in [-0.15, -0.1) is 0 Å². The second-order valence-electron chi connectivity index (χ2n) is 13.6. The van der Waals surface area contributed by atoms with Gasteiger partial charge in [-0.05, 0) is 73.1 Å². The maximum atomic E-state index is 6.64. The first-order valence-corrected chi connectivity index (χ1v) is 17.9. The van der Waals surface area contributed by atoms with Crippen molar-refractivity contribution in [3.8, 4) is 45.3 Å². The van der Waals surface area contributed by atoms with Gasteiger partial charge in [0.05, 0.1) is 0 Å². The third-order valence-corrected chi connectivity index (χ3v) is 10.5. The molecule has 0 saturated heterocycles. The van der Waals surface area contributed by atoms with Gasteiger partial charge in [0.25, 0.3) is 0 Å². The van der Waals surface area contributed by atoms with Crippen LogP contribution in [0.15, 0.2) is 180 Å². The molecule has 0 fully saturated rings. The molecule has 0 N–H and O–H groups in total. The molecule has 0 atom stereocenters. The fourth-order valence-corrected chi connectivity index (χ4v) is 7.92. The van der Waals surface area contributed by atoms with E-state index in [1.807, 2.05) is 18.2 Å². The zero-order valence-corrected chi connectivity index (χ0v) is 28.5. The van der Waals surface area contributed by atoms with Gasteiger partial charge in [-0.1, -0.05) is 152 Å². The normalized spacial score (nSPS) is 11.8. The molecule has 0 amide bonds. The Kier molecular flexibility index (Phi) is 6.52. The molecule has 4 nitrogen and oxygen atoms in total. The van der Waals surface area contributed by atoms with E-state index in [1.165, 1.54) is 32.5 Å². The molecule has 11 rings (SSSR count). The summed E-state index contributed by atoms with van der Waals surface area (Å²) in [6, 6.07) is 61.6. The third kappa shape index (κ3) is 4.80. The lowest BCUT2D eigenvalue weighted by Crippen LogP contribution is -2.00. The van der Waals surface area contributed by atoms with Crippen LogP contribution < -0.4 is 0 Å². The fourth-order valence-electron chi connectivity index (χ4n) is 7.92. The number of benzene rings is 9. The van der Waals surface area contributed by atoms with Crippen molar-refractivity contribution >= 4 is 65.0 Å². The van der Waals surface area contributed by atoms with Crippen molar-refractivity contribution in [2.24, 2.45) is 0 Å². The van der Waals surface area contributed by atoms with Crippen molar-refractivity contribution in [2.75, 3.05) is 0 Å². The van der Waals surface area contributed by atoms with Crippen LogP contribution in [-0.4, -0.2) is 15.0 Å². The summed E-state index contributed by atoms with van der Waals surface area (Å²) in [7, 11) is 0. The molecule has 0 radical (unpaired) electrons. The van der Waals surface area contributed by atoms with E-state index < -0.39 is 0 Å². The predicted octanol–water partition coefficient (Wildman–Crippen LogP) is 13.1. The number of nitrogens with zero attached hydrogens (tertiary/aromatic N) is 3.